The number of nitrogens with one attached hydrogen (secondary N) is 1. The van der Waals surface area contributed by atoms with Crippen LogP contribution in [0, 0.1) is 6.92 Å². The summed E-state index contributed by atoms with van der Waals surface area (Å²) in [5.74, 6) is 1.29. The summed E-state index contributed by atoms with van der Waals surface area (Å²) in [6.45, 7) is 3.95. The summed E-state index contributed by atoms with van der Waals surface area (Å²) in [5, 5.41) is 2.86. The second kappa shape index (κ2) is 7.25. The van der Waals surface area contributed by atoms with E-state index in [1.165, 1.54) is 5.56 Å². The van der Waals surface area contributed by atoms with Crippen molar-refractivity contribution >= 4 is 11.7 Å². The number of benzene rings is 2. The number of carbonyl (C=O) groups excluding carboxylic acids is 1. The zero-order valence-electron chi connectivity index (χ0n) is 14.0. The van der Waals surface area contributed by atoms with E-state index in [0.717, 1.165) is 24.2 Å². The quantitative estimate of drug-likeness (QED) is 0.915. The molecule has 1 aliphatic heterocycles. The molecule has 0 unspecified atom stereocenters. The molecule has 1 saturated heterocycles. The van der Waals surface area contributed by atoms with Crippen LogP contribution in [0.1, 0.15) is 17.5 Å². The van der Waals surface area contributed by atoms with E-state index in [0.29, 0.717) is 24.7 Å². The van der Waals surface area contributed by atoms with E-state index in [1.54, 1.807) is 12.0 Å². The van der Waals surface area contributed by atoms with E-state index in [1.807, 2.05) is 36.4 Å². The predicted octanol–water partition coefficient (Wildman–Crippen LogP) is 3.50. The maximum atomic E-state index is 12.0. The molecule has 0 aromatic heterocycles. The minimum atomic E-state index is -0.0729. The van der Waals surface area contributed by atoms with Crippen LogP contribution in [0.2, 0.25) is 0 Å². The molecular formula is C19H22N2O3. The highest BCUT2D eigenvalue weighted by molar-refractivity contribution is 5.93. The standard InChI is InChI=1S/C19H22N2O3/c1-14-6-3-4-7-15(14)13-24-18-12-16(8-9-17(18)23-2)21-11-5-10-20-19(21)22/h3-4,6-9,12H,5,10-11,13H2,1-2H3,(H,20,22). The van der Waals surface area contributed by atoms with Crippen LogP contribution in [0.15, 0.2) is 42.5 Å². The molecule has 2 aromatic rings. The summed E-state index contributed by atoms with van der Waals surface area (Å²) in [6, 6.07) is 13.6. The molecule has 2 amide bonds. The SMILES string of the molecule is COc1ccc(N2CCCNC2=O)cc1OCc1ccccc1C. The molecule has 2 aromatic carbocycles. The third kappa shape index (κ3) is 3.45. The first-order valence-corrected chi connectivity index (χ1v) is 8.10. The summed E-state index contributed by atoms with van der Waals surface area (Å²) in [6.07, 6.45) is 0.928. The van der Waals surface area contributed by atoms with Gasteiger partial charge in [0, 0.05) is 24.8 Å². The van der Waals surface area contributed by atoms with Gasteiger partial charge < -0.3 is 14.8 Å². The summed E-state index contributed by atoms with van der Waals surface area (Å²) in [7, 11) is 1.61. The van der Waals surface area contributed by atoms with E-state index < -0.39 is 0 Å². The first-order chi connectivity index (χ1) is 11.7. The Morgan fingerprint density at radius 1 is 1.17 bits per heavy atom. The van der Waals surface area contributed by atoms with Crippen LogP contribution in [0.3, 0.4) is 0 Å². The van der Waals surface area contributed by atoms with Crippen molar-refractivity contribution in [3.63, 3.8) is 0 Å². The number of urea groups is 1. The average Bonchev–Trinajstić information content (AvgIpc) is 2.61. The van der Waals surface area contributed by atoms with Gasteiger partial charge in [0.1, 0.15) is 6.61 Å². The van der Waals surface area contributed by atoms with Crippen molar-refractivity contribution in [3.8, 4) is 11.5 Å². The molecule has 1 fully saturated rings. The Labute approximate surface area is 142 Å². The predicted molar refractivity (Wildman–Crippen MR) is 93.9 cm³/mol. The number of ether oxygens (including phenoxy) is 2. The third-order valence-electron chi connectivity index (χ3n) is 4.18. The van der Waals surface area contributed by atoms with Crippen molar-refractivity contribution in [1.29, 1.82) is 0 Å². The van der Waals surface area contributed by atoms with Crippen LogP contribution >= 0.6 is 0 Å². The summed E-state index contributed by atoms with van der Waals surface area (Å²) in [5.41, 5.74) is 3.12. The van der Waals surface area contributed by atoms with Crippen LogP contribution in [0.25, 0.3) is 0 Å². The van der Waals surface area contributed by atoms with E-state index in [2.05, 4.69) is 18.3 Å². The lowest BCUT2D eigenvalue weighted by molar-refractivity contribution is 0.242. The minimum Gasteiger partial charge on any atom is -0.493 e. The Bertz CT molecular complexity index is 730. The highest BCUT2D eigenvalue weighted by atomic mass is 16.5. The Morgan fingerprint density at radius 2 is 2.00 bits per heavy atom. The van der Waals surface area contributed by atoms with Crippen molar-refractivity contribution in [3.05, 3.63) is 53.6 Å². The van der Waals surface area contributed by atoms with Crippen LogP contribution in [0.4, 0.5) is 10.5 Å². The lowest BCUT2D eigenvalue weighted by atomic mass is 10.1. The Morgan fingerprint density at radius 3 is 2.75 bits per heavy atom. The van der Waals surface area contributed by atoms with Crippen LogP contribution in [-0.2, 0) is 6.61 Å². The molecule has 0 bridgehead atoms. The van der Waals surface area contributed by atoms with Gasteiger partial charge in [0.15, 0.2) is 11.5 Å². The number of hydrogen-bond acceptors (Lipinski definition) is 3. The monoisotopic (exact) mass is 326 g/mol. The molecular weight excluding hydrogens is 304 g/mol. The number of amides is 2. The van der Waals surface area contributed by atoms with Gasteiger partial charge in [-0.2, -0.15) is 0 Å². The fourth-order valence-corrected chi connectivity index (χ4v) is 2.75. The van der Waals surface area contributed by atoms with Gasteiger partial charge in [0.2, 0.25) is 0 Å². The molecule has 126 valence electrons. The van der Waals surface area contributed by atoms with Gasteiger partial charge in [-0.3, -0.25) is 4.90 Å². The number of aryl methyl sites for hydroxylation is 1. The zero-order valence-corrected chi connectivity index (χ0v) is 14.0. The molecule has 0 saturated carbocycles. The molecule has 0 spiro atoms. The number of hydrogen-bond donors (Lipinski definition) is 1. The normalized spacial score (nSPS) is 14.2. The zero-order chi connectivity index (χ0) is 16.9. The lowest BCUT2D eigenvalue weighted by Crippen LogP contribution is -2.46. The summed E-state index contributed by atoms with van der Waals surface area (Å²) >= 11 is 0. The second-order valence-electron chi connectivity index (χ2n) is 5.79. The molecule has 1 N–H and O–H groups in total. The van der Waals surface area contributed by atoms with E-state index in [4.69, 9.17) is 9.47 Å². The molecule has 1 heterocycles. The van der Waals surface area contributed by atoms with Crippen molar-refractivity contribution < 1.29 is 14.3 Å². The smallest absolute Gasteiger partial charge is 0.321 e. The van der Waals surface area contributed by atoms with Gasteiger partial charge in [-0.05, 0) is 36.6 Å². The molecule has 24 heavy (non-hydrogen) atoms. The number of methoxy groups -OCH3 is 1. The fraction of sp³-hybridized carbons (Fsp3) is 0.316. The van der Waals surface area contributed by atoms with Gasteiger partial charge in [-0.1, -0.05) is 24.3 Å². The Kier molecular flexibility index (Phi) is 4.89. The van der Waals surface area contributed by atoms with Crippen molar-refractivity contribution in [2.24, 2.45) is 0 Å². The molecule has 5 heteroatoms. The maximum Gasteiger partial charge on any atom is 0.321 e. The third-order valence-corrected chi connectivity index (χ3v) is 4.18. The topological polar surface area (TPSA) is 50.8 Å². The molecule has 0 radical (unpaired) electrons. The molecule has 1 aliphatic rings. The highest BCUT2D eigenvalue weighted by Crippen LogP contribution is 2.33. The first-order valence-electron chi connectivity index (χ1n) is 8.10. The first kappa shape index (κ1) is 16.2. The number of anilines is 1. The minimum absolute atomic E-state index is 0.0729. The van der Waals surface area contributed by atoms with Gasteiger partial charge >= 0.3 is 6.03 Å². The number of rotatable bonds is 5. The fourth-order valence-electron chi connectivity index (χ4n) is 2.75. The lowest BCUT2D eigenvalue weighted by Gasteiger charge is -2.28. The Balaban J connectivity index is 1.81. The number of carbonyl (C=O) groups is 1. The van der Waals surface area contributed by atoms with E-state index in [-0.39, 0.29) is 6.03 Å². The van der Waals surface area contributed by atoms with Crippen molar-refractivity contribution in [1.82, 2.24) is 5.32 Å². The molecule has 0 aliphatic carbocycles. The van der Waals surface area contributed by atoms with Crippen molar-refractivity contribution in [2.75, 3.05) is 25.1 Å². The largest absolute Gasteiger partial charge is 0.493 e. The van der Waals surface area contributed by atoms with Crippen LogP contribution in [-0.4, -0.2) is 26.2 Å². The molecule has 0 atom stereocenters. The van der Waals surface area contributed by atoms with E-state index >= 15 is 0 Å². The summed E-state index contributed by atoms with van der Waals surface area (Å²) in [4.78, 5) is 13.8. The van der Waals surface area contributed by atoms with Gasteiger partial charge in [0.25, 0.3) is 0 Å². The van der Waals surface area contributed by atoms with Crippen LogP contribution < -0.4 is 19.7 Å². The number of nitrogens with zero attached hydrogens (tertiary/aromatic N) is 1. The molecule has 5 nitrogen and oxygen atoms in total. The molecule has 3 rings (SSSR count). The van der Waals surface area contributed by atoms with Crippen LogP contribution in [0.5, 0.6) is 11.5 Å². The Hall–Kier alpha value is -2.69. The highest BCUT2D eigenvalue weighted by Gasteiger charge is 2.20. The van der Waals surface area contributed by atoms with E-state index in [9.17, 15) is 4.79 Å². The second-order valence-corrected chi connectivity index (χ2v) is 5.79. The van der Waals surface area contributed by atoms with Gasteiger partial charge in [-0.15, -0.1) is 0 Å². The van der Waals surface area contributed by atoms with Gasteiger partial charge in [0.05, 0.1) is 7.11 Å². The van der Waals surface area contributed by atoms with Crippen molar-refractivity contribution in [2.45, 2.75) is 20.0 Å². The van der Waals surface area contributed by atoms with Gasteiger partial charge in [-0.25, -0.2) is 4.79 Å². The maximum absolute atomic E-state index is 12.0. The average molecular weight is 326 g/mol. The summed E-state index contributed by atoms with van der Waals surface area (Å²) < 4.78 is 11.4.